The van der Waals surface area contributed by atoms with E-state index in [0.717, 1.165) is 37.1 Å². The zero-order chi connectivity index (χ0) is 37.2. The zero-order valence-corrected chi connectivity index (χ0v) is 31.1. The molecule has 10 nitrogen and oxygen atoms in total. The summed E-state index contributed by atoms with van der Waals surface area (Å²) in [4.78, 5) is 6.42. The molecule has 1 fully saturated rings. The first-order valence-corrected chi connectivity index (χ1v) is 18.3. The fraction of sp³-hybridized carbons (Fsp3) is 0.463. The van der Waals surface area contributed by atoms with Crippen LogP contribution >= 0.6 is 11.6 Å². The van der Waals surface area contributed by atoms with Crippen LogP contribution in [0.1, 0.15) is 62.3 Å². The molecule has 0 radical (unpaired) electrons. The number of aliphatic hydroxyl groups is 3. The van der Waals surface area contributed by atoms with Crippen molar-refractivity contribution in [3.8, 4) is 17.6 Å². The van der Waals surface area contributed by atoms with Gasteiger partial charge in [0, 0.05) is 67.8 Å². The van der Waals surface area contributed by atoms with Crippen LogP contribution in [0.2, 0.25) is 5.02 Å². The van der Waals surface area contributed by atoms with E-state index in [1.165, 1.54) is 6.20 Å². The number of likely N-dealkylation sites (tertiary alicyclic amines) is 1. The molecule has 2 aliphatic rings. The highest BCUT2D eigenvalue weighted by Crippen LogP contribution is 2.49. The lowest BCUT2D eigenvalue weighted by Gasteiger charge is -2.47. The number of nitrogens with one attached hydrogen (secondary N) is 1. The van der Waals surface area contributed by atoms with Crippen molar-refractivity contribution in [1.82, 2.24) is 15.2 Å². The van der Waals surface area contributed by atoms with Gasteiger partial charge in [-0.05, 0) is 48.6 Å². The van der Waals surface area contributed by atoms with Crippen molar-refractivity contribution in [2.24, 2.45) is 5.41 Å². The van der Waals surface area contributed by atoms with Crippen LogP contribution in [0.15, 0.2) is 79.2 Å². The van der Waals surface area contributed by atoms with E-state index < -0.39 is 16.6 Å². The Morgan fingerprint density at radius 1 is 1.10 bits per heavy atom. The van der Waals surface area contributed by atoms with E-state index >= 15 is 0 Å². The molecule has 2 atom stereocenters. The van der Waals surface area contributed by atoms with Gasteiger partial charge in [-0.1, -0.05) is 74.9 Å². The highest BCUT2D eigenvalue weighted by molar-refractivity contribution is 6.32. The van der Waals surface area contributed by atoms with Crippen molar-refractivity contribution in [3.63, 3.8) is 0 Å². The molecule has 1 unspecified atom stereocenters. The van der Waals surface area contributed by atoms with E-state index in [1.54, 1.807) is 24.4 Å². The number of rotatable bonds is 18. The molecule has 2 aromatic carbocycles. The first-order chi connectivity index (χ1) is 25.1. The lowest BCUT2D eigenvalue weighted by atomic mass is 9.65. The van der Waals surface area contributed by atoms with Crippen LogP contribution in [0.25, 0.3) is 5.57 Å². The van der Waals surface area contributed by atoms with Crippen molar-refractivity contribution in [1.29, 1.82) is 5.26 Å². The molecule has 0 bridgehead atoms. The molecule has 0 spiro atoms. The summed E-state index contributed by atoms with van der Waals surface area (Å²) >= 11 is 6.93. The van der Waals surface area contributed by atoms with E-state index in [-0.39, 0.29) is 39.1 Å². The fourth-order valence-corrected chi connectivity index (χ4v) is 7.04. The van der Waals surface area contributed by atoms with Crippen molar-refractivity contribution >= 4 is 17.2 Å². The Kier molecular flexibility index (Phi) is 13.5. The molecular formula is C41H51ClN4O6. The molecule has 11 heteroatoms. The number of allylic oxidation sites excluding steroid dienone is 2. The van der Waals surface area contributed by atoms with Gasteiger partial charge in [-0.2, -0.15) is 5.26 Å². The van der Waals surface area contributed by atoms with Gasteiger partial charge < -0.3 is 39.7 Å². The fourth-order valence-electron chi connectivity index (χ4n) is 6.80. The second-order valence-corrected chi connectivity index (χ2v) is 14.6. The zero-order valence-electron chi connectivity index (χ0n) is 30.4. The Morgan fingerprint density at radius 2 is 1.88 bits per heavy atom. The molecule has 1 aliphatic heterocycles. The topological polar surface area (TPSA) is 140 Å². The number of aromatic nitrogens is 1. The number of nitrogens with zero attached hydrogens (tertiary/aromatic N) is 3. The number of nitriles is 1. The lowest BCUT2D eigenvalue weighted by molar-refractivity contribution is -0.0926. The van der Waals surface area contributed by atoms with Gasteiger partial charge >= 0.3 is 0 Å². The van der Waals surface area contributed by atoms with Gasteiger partial charge in [-0.3, -0.25) is 4.98 Å². The SMILES string of the molecule is CCC(CO)(CO)NCc1cc(Cl)c(OC[C@@]2(OCCCN3CCC(O)C3)C=CC=C(c3ccccc3)C2(C)C)cc1OCc1cncc(C#N)c1. The molecule has 1 aliphatic carbocycles. The van der Waals surface area contributed by atoms with Gasteiger partial charge in [0.1, 0.15) is 36.4 Å². The maximum absolute atomic E-state index is 10.1. The monoisotopic (exact) mass is 730 g/mol. The van der Waals surface area contributed by atoms with Crippen LogP contribution in [0, 0.1) is 16.7 Å². The normalized spacial score (nSPS) is 20.0. The first-order valence-electron chi connectivity index (χ1n) is 18.0. The smallest absolute Gasteiger partial charge is 0.141 e. The van der Waals surface area contributed by atoms with E-state index in [1.807, 2.05) is 31.2 Å². The van der Waals surface area contributed by atoms with Crippen molar-refractivity contribution in [2.45, 2.75) is 70.4 Å². The number of hydrogen-bond donors (Lipinski definition) is 4. The molecule has 1 saturated heterocycles. The molecular weight excluding hydrogens is 680 g/mol. The molecule has 0 amide bonds. The minimum atomic E-state index is -0.884. The highest BCUT2D eigenvalue weighted by atomic mass is 35.5. The van der Waals surface area contributed by atoms with Gasteiger partial charge in [-0.15, -0.1) is 0 Å². The summed E-state index contributed by atoms with van der Waals surface area (Å²) in [5.41, 5.74) is 1.81. The largest absolute Gasteiger partial charge is 0.488 e. The molecule has 52 heavy (non-hydrogen) atoms. The molecule has 4 N–H and O–H groups in total. The summed E-state index contributed by atoms with van der Waals surface area (Å²) in [6, 6.07) is 17.6. The van der Waals surface area contributed by atoms with Gasteiger partial charge in [-0.25, -0.2) is 0 Å². The standard InChI is InChI=1S/C41H51ClN4O6/c1-4-40(27-47,28-48)45-24-33-19-36(42)38(20-37(33)50-26-31-18-30(21-43)22-44-23-31)51-29-41(52-17-9-15-46-16-13-34(49)25-46)14-8-12-35(39(41,2)3)32-10-6-5-7-11-32/h5-8,10-12,14,18-20,22-23,34,45,47-49H,4,9,13,15-17,24-29H2,1-3H3/t34?,41-/m0/s1. The van der Waals surface area contributed by atoms with Crippen LogP contribution in [0.5, 0.6) is 11.5 Å². The number of aliphatic hydroxyl groups excluding tert-OH is 3. The number of β-amino-alcohol motifs (C(OH)–C–C–N with tert-alkyl or cyclic N) is 1. The Morgan fingerprint density at radius 3 is 2.58 bits per heavy atom. The Labute approximate surface area is 312 Å². The van der Waals surface area contributed by atoms with Crippen LogP contribution in [-0.4, -0.2) is 88.5 Å². The van der Waals surface area contributed by atoms with E-state index in [2.05, 4.69) is 59.4 Å². The third kappa shape index (κ3) is 9.22. The maximum Gasteiger partial charge on any atom is 0.141 e. The summed E-state index contributed by atoms with van der Waals surface area (Å²) in [6.07, 6.45) is 11.2. The van der Waals surface area contributed by atoms with Crippen molar-refractivity contribution in [2.75, 3.05) is 46.1 Å². The van der Waals surface area contributed by atoms with Crippen LogP contribution in [-0.2, 0) is 17.9 Å². The van der Waals surface area contributed by atoms with E-state index in [9.17, 15) is 20.6 Å². The quantitative estimate of drug-likeness (QED) is 0.121. The molecule has 3 aromatic rings. The average Bonchev–Trinajstić information content (AvgIpc) is 3.59. The Balaban J connectivity index is 1.42. The summed E-state index contributed by atoms with van der Waals surface area (Å²) in [6.45, 7) is 9.18. The maximum atomic E-state index is 10.1. The third-order valence-electron chi connectivity index (χ3n) is 10.5. The predicted octanol–water partition coefficient (Wildman–Crippen LogP) is 5.68. The number of benzene rings is 2. The summed E-state index contributed by atoms with van der Waals surface area (Å²) in [5, 5.41) is 43.1. The second-order valence-electron chi connectivity index (χ2n) is 14.2. The van der Waals surface area contributed by atoms with Crippen LogP contribution in [0.4, 0.5) is 0 Å². The Hall–Kier alpha value is -3.79. The van der Waals surface area contributed by atoms with Crippen LogP contribution < -0.4 is 14.8 Å². The summed E-state index contributed by atoms with van der Waals surface area (Å²) < 4.78 is 19.8. The first kappa shape index (κ1) is 39.4. The Bertz CT molecular complexity index is 1730. The minimum absolute atomic E-state index is 0.137. The molecule has 5 rings (SSSR count). The average molecular weight is 731 g/mol. The summed E-state index contributed by atoms with van der Waals surface area (Å²) in [7, 11) is 0. The number of hydrogen-bond acceptors (Lipinski definition) is 10. The summed E-state index contributed by atoms with van der Waals surface area (Å²) in [5.74, 6) is 0.894. The molecule has 278 valence electrons. The van der Waals surface area contributed by atoms with Crippen molar-refractivity contribution in [3.05, 3.63) is 106 Å². The minimum Gasteiger partial charge on any atom is -0.488 e. The lowest BCUT2D eigenvalue weighted by Crippen LogP contribution is -2.52. The predicted molar refractivity (Wildman–Crippen MR) is 202 cm³/mol. The van der Waals surface area contributed by atoms with Crippen LogP contribution in [0.3, 0.4) is 0 Å². The number of halogens is 1. The van der Waals surface area contributed by atoms with E-state index in [4.69, 9.17) is 25.8 Å². The number of pyridine rings is 1. The number of ether oxygens (including phenoxy) is 3. The molecule has 0 saturated carbocycles. The highest BCUT2D eigenvalue weighted by Gasteiger charge is 2.49. The molecule has 1 aromatic heterocycles. The van der Waals surface area contributed by atoms with E-state index in [0.29, 0.717) is 52.8 Å². The van der Waals surface area contributed by atoms with Crippen molar-refractivity contribution < 1.29 is 29.5 Å². The third-order valence-corrected chi connectivity index (χ3v) is 10.8. The second kappa shape index (κ2) is 17.8. The van der Waals surface area contributed by atoms with Gasteiger partial charge in [0.2, 0.25) is 0 Å². The van der Waals surface area contributed by atoms with Gasteiger partial charge in [0.05, 0.1) is 35.4 Å². The van der Waals surface area contributed by atoms with Gasteiger partial charge in [0.25, 0.3) is 0 Å². The molecule has 2 heterocycles. The van der Waals surface area contributed by atoms with Gasteiger partial charge in [0.15, 0.2) is 0 Å².